The third-order valence-electron chi connectivity index (χ3n) is 4.44. The highest BCUT2D eigenvalue weighted by Gasteiger charge is 2.23. The zero-order valence-electron chi connectivity index (χ0n) is 13.5. The Kier molecular flexibility index (Phi) is 3.73. The lowest BCUT2D eigenvalue weighted by molar-refractivity contribution is 0.612. The van der Waals surface area contributed by atoms with Gasteiger partial charge in [-0.1, -0.05) is 40.2 Å². The molecule has 0 aliphatic carbocycles. The second-order valence-electron chi connectivity index (χ2n) is 6.03. The summed E-state index contributed by atoms with van der Waals surface area (Å²) < 4.78 is 2.98. The van der Waals surface area contributed by atoms with Gasteiger partial charge in [-0.05, 0) is 60.4 Å². The first kappa shape index (κ1) is 15.1. The summed E-state index contributed by atoms with van der Waals surface area (Å²) in [4.78, 5) is 4.36. The van der Waals surface area contributed by atoms with Gasteiger partial charge in [0, 0.05) is 10.2 Å². The van der Waals surface area contributed by atoms with E-state index in [0.717, 1.165) is 21.7 Å². The van der Waals surface area contributed by atoms with Gasteiger partial charge >= 0.3 is 0 Å². The van der Waals surface area contributed by atoms with E-state index in [1.807, 2.05) is 4.68 Å². The Morgan fingerprint density at radius 1 is 1.04 bits per heavy atom. The molecule has 0 spiro atoms. The van der Waals surface area contributed by atoms with Gasteiger partial charge in [0.25, 0.3) is 0 Å². The Balaban J connectivity index is 1.81. The fourth-order valence-corrected chi connectivity index (χ4v) is 3.17. The molecule has 1 aliphatic heterocycles. The van der Waals surface area contributed by atoms with Gasteiger partial charge in [0.05, 0.1) is 0 Å². The molecular weight excluding hydrogens is 364 g/mol. The maximum atomic E-state index is 4.38. The molecule has 1 atom stereocenters. The molecule has 0 saturated carbocycles. The molecule has 1 aliphatic rings. The monoisotopic (exact) mass is 380 g/mol. The molecule has 1 N–H and O–H groups in total. The Bertz CT molecular complexity index is 925. The largest absolute Gasteiger partial charge is 0.324 e. The first-order valence-electron chi connectivity index (χ1n) is 7.83. The van der Waals surface area contributed by atoms with Crippen LogP contribution in [0.5, 0.6) is 0 Å². The number of aromatic nitrogens is 3. The molecule has 3 aromatic rings. The number of rotatable bonds is 2. The van der Waals surface area contributed by atoms with Crippen LogP contribution in [0.1, 0.15) is 28.3 Å². The Morgan fingerprint density at radius 3 is 2.58 bits per heavy atom. The van der Waals surface area contributed by atoms with E-state index in [1.54, 1.807) is 6.33 Å². The van der Waals surface area contributed by atoms with E-state index in [2.05, 4.69) is 93.7 Å². The number of halogens is 1. The maximum Gasteiger partial charge on any atom is 0.226 e. The van der Waals surface area contributed by atoms with Crippen LogP contribution in [0.25, 0.3) is 5.70 Å². The van der Waals surface area contributed by atoms with Crippen LogP contribution in [-0.4, -0.2) is 14.8 Å². The second-order valence-corrected chi connectivity index (χ2v) is 6.94. The van der Waals surface area contributed by atoms with E-state index in [0.29, 0.717) is 0 Å². The summed E-state index contributed by atoms with van der Waals surface area (Å²) in [6.45, 7) is 4.26. The van der Waals surface area contributed by atoms with Gasteiger partial charge in [0.15, 0.2) is 0 Å². The summed E-state index contributed by atoms with van der Waals surface area (Å²) in [7, 11) is 0. The number of hydrogen-bond donors (Lipinski definition) is 1. The summed E-state index contributed by atoms with van der Waals surface area (Å²) in [5.74, 6) is 0.763. The van der Waals surface area contributed by atoms with E-state index >= 15 is 0 Å². The molecule has 4 rings (SSSR count). The predicted molar refractivity (Wildman–Crippen MR) is 99.8 cm³/mol. The molecule has 0 radical (unpaired) electrons. The molecule has 120 valence electrons. The molecule has 2 aromatic carbocycles. The molecule has 5 heteroatoms. The van der Waals surface area contributed by atoms with Crippen molar-refractivity contribution in [3.8, 4) is 0 Å². The number of anilines is 1. The molecule has 24 heavy (non-hydrogen) atoms. The van der Waals surface area contributed by atoms with Gasteiger partial charge in [0.2, 0.25) is 5.95 Å². The number of nitrogens with zero attached hydrogens (tertiary/aromatic N) is 3. The van der Waals surface area contributed by atoms with E-state index in [1.165, 1.54) is 16.7 Å². The average molecular weight is 381 g/mol. The van der Waals surface area contributed by atoms with Crippen molar-refractivity contribution in [1.29, 1.82) is 0 Å². The van der Waals surface area contributed by atoms with Crippen molar-refractivity contribution in [3.05, 3.63) is 81.6 Å². The zero-order chi connectivity index (χ0) is 16.7. The first-order valence-corrected chi connectivity index (χ1v) is 8.62. The molecule has 1 aromatic heterocycles. The molecule has 2 heterocycles. The maximum absolute atomic E-state index is 4.38. The van der Waals surface area contributed by atoms with Crippen LogP contribution < -0.4 is 5.32 Å². The number of hydrogen-bond acceptors (Lipinski definition) is 3. The fourth-order valence-electron chi connectivity index (χ4n) is 2.91. The van der Waals surface area contributed by atoms with Gasteiger partial charge in [-0.3, -0.25) is 0 Å². The standard InChI is InChI=1S/C19H17BrN4/c1-12-3-4-15(9-13(12)2)17-10-18(14-5-7-16(20)8-6-14)24-19(23-17)21-11-22-24/h3-11,18H,1-2H3,(H,21,22,23)/t18-/m1/s1. The average Bonchev–Trinajstić information content (AvgIpc) is 3.06. The number of aryl methyl sites for hydroxylation is 2. The van der Waals surface area contributed by atoms with Crippen molar-refractivity contribution in [3.63, 3.8) is 0 Å². The van der Waals surface area contributed by atoms with E-state index in [-0.39, 0.29) is 6.04 Å². The third-order valence-corrected chi connectivity index (χ3v) is 4.97. The minimum Gasteiger partial charge on any atom is -0.324 e. The van der Waals surface area contributed by atoms with Crippen molar-refractivity contribution in [1.82, 2.24) is 14.8 Å². The lowest BCUT2D eigenvalue weighted by Gasteiger charge is -2.24. The lowest BCUT2D eigenvalue weighted by Crippen LogP contribution is -2.20. The van der Waals surface area contributed by atoms with E-state index in [9.17, 15) is 0 Å². The molecule has 0 unspecified atom stereocenters. The van der Waals surface area contributed by atoms with Gasteiger partial charge < -0.3 is 5.32 Å². The lowest BCUT2D eigenvalue weighted by atomic mass is 9.99. The highest BCUT2D eigenvalue weighted by Crippen LogP contribution is 2.32. The number of benzene rings is 2. The fraction of sp³-hybridized carbons (Fsp3) is 0.158. The Labute approximate surface area is 149 Å². The third kappa shape index (κ3) is 2.65. The van der Waals surface area contributed by atoms with Crippen LogP contribution >= 0.6 is 15.9 Å². The van der Waals surface area contributed by atoms with Crippen LogP contribution in [0.15, 0.2) is 59.3 Å². The Morgan fingerprint density at radius 2 is 1.83 bits per heavy atom. The number of nitrogens with one attached hydrogen (secondary N) is 1. The smallest absolute Gasteiger partial charge is 0.226 e. The van der Waals surface area contributed by atoms with Gasteiger partial charge in [0.1, 0.15) is 12.4 Å². The summed E-state index contributed by atoms with van der Waals surface area (Å²) in [5, 5.41) is 7.78. The highest BCUT2D eigenvalue weighted by atomic mass is 79.9. The SMILES string of the molecule is Cc1ccc(C2=C[C@H](c3ccc(Br)cc3)n3ncnc3N2)cc1C. The van der Waals surface area contributed by atoms with Crippen molar-refractivity contribution in [2.45, 2.75) is 19.9 Å². The summed E-state index contributed by atoms with van der Waals surface area (Å²) in [6.07, 6.45) is 3.79. The van der Waals surface area contributed by atoms with Gasteiger partial charge in [-0.2, -0.15) is 10.1 Å². The molecule has 0 fully saturated rings. The zero-order valence-corrected chi connectivity index (χ0v) is 15.1. The molecular formula is C19H17BrN4. The summed E-state index contributed by atoms with van der Waals surface area (Å²) in [5.41, 5.74) is 5.97. The van der Waals surface area contributed by atoms with Crippen LogP contribution in [0, 0.1) is 13.8 Å². The minimum absolute atomic E-state index is 0.0217. The molecule has 0 saturated heterocycles. The Hall–Kier alpha value is -2.40. The first-order chi connectivity index (χ1) is 11.6. The molecule has 0 amide bonds. The predicted octanol–water partition coefficient (Wildman–Crippen LogP) is 4.71. The normalized spacial score (nSPS) is 16.3. The molecule has 4 nitrogen and oxygen atoms in total. The van der Waals surface area contributed by atoms with Crippen molar-refractivity contribution >= 4 is 27.6 Å². The van der Waals surface area contributed by atoms with E-state index < -0.39 is 0 Å². The van der Waals surface area contributed by atoms with Crippen LogP contribution in [0.3, 0.4) is 0 Å². The minimum atomic E-state index is 0.0217. The topological polar surface area (TPSA) is 42.7 Å². The quantitative estimate of drug-likeness (QED) is 0.699. The molecule has 0 bridgehead atoms. The van der Waals surface area contributed by atoms with Crippen molar-refractivity contribution in [2.24, 2.45) is 0 Å². The van der Waals surface area contributed by atoms with Gasteiger partial charge in [-0.25, -0.2) is 4.68 Å². The number of allylic oxidation sites excluding steroid dienone is 1. The second kappa shape index (κ2) is 5.91. The number of fused-ring (bicyclic) bond motifs is 1. The summed E-state index contributed by atoms with van der Waals surface area (Å²) in [6, 6.07) is 14.9. The van der Waals surface area contributed by atoms with Gasteiger partial charge in [-0.15, -0.1) is 0 Å². The highest BCUT2D eigenvalue weighted by molar-refractivity contribution is 9.10. The van der Waals surface area contributed by atoms with Crippen LogP contribution in [-0.2, 0) is 0 Å². The summed E-state index contributed by atoms with van der Waals surface area (Å²) >= 11 is 3.49. The van der Waals surface area contributed by atoms with Crippen LogP contribution in [0.4, 0.5) is 5.95 Å². The van der Waals surface area contributed by atoms with Crippen molar-refractivity contribution in [2.75, 3.05) is 5.32 Å². The van der Waals surface area contributed by atoms with Crippen molar-refractivity contribution < 1.29 is 0 Å². The van der Waals surface area contributed by atoms with Crippen LogP contribution in [0.2, 0.25) is 0 Å². The van der Waals surface area contributed by atoms with E-state index in [4.69, 9.17) is 0 Å².